The summed E-state index contributed by atoms with van der Waals surface area (Å²) in [6.07, 6.45) is 2.25. The maximum Gasteiger partial charge on any atom is 0.310 e. The molecule has 8 nitrogen and oxygen atoms in total. The lowest BCUT2D eigenvalue weighted by atomic mass is 9.91. The Morgan fingerprint density at radius 1 is 1.11 bits per heavy atom. The first-order valence-electron chi connectivity index (χ1n) is 13.4. The summed E-state index contributed by atoms with van der Waals surface area (Å²) in [6.45, 7) is 2.76. The first-order valence-corrected chi connectivity index (χ1v) is 15.3. The van der Waals surface area contributed by atoms with Crippen LogP contribution in [-0.2, 0) is 14.3 Å². The zero-order valence-electron chi connectivity index (χ0n) is 23.5. The van der Waals surface area contributed by atoms with Gasteiger partial charge in [-0.2, -0.15) is 5.26 Å². The second-order valence-electron chi connectivity index (χ2n) is 11.5. The number of hydrogen-bond donors (Lipinski definition) is 1. The number of morpholine rings is 1. The van der Waals surface area contributed by atoms with Crippen LogP contribution in [0.15, 0.2) is 47.6 Å². The number of hydrogen-bond acceptors (Lipinski definition) is 6. The molecule has 4 rings (SSSR count). The van der Waals surface area contributed by atoms with E-state index in [4.69, 9.17) is 4.74 Å². The van der Waals surface area contributed by atoms with Crippen molar-refractivity contribution < 1.29 is 46.9 Å². The minimum Gasteiger partial charge on any atom is -0.371 e. The van der Waals surface area contributed by atoms with Gasteiger partial charge >= 0.3 is 10.2 Å². The molecule has 242 valence electrons. The van der Waals surface area contributed by atoms with Crippen molar-refractivity contribution in [3.8, 4) is 6.19 Å². The molecule has 17 heteroatoms. The average molecular weight is 656 g/mol. The van der Waals surface area contributed by atoms with E-state index in [0.717, 1.165) is 23.4 Å². The second-order valence-corrected chi connectivity index (χ2v) is 13.9. The van der Waals surface area contributed by atoms with Crippen molar-refractivity contribution in [3.63, 3.8) is 0 Å². The summed E-state index contributed by atoms with van der Waals surface area (Å²) < 4.78 is 115. The Bertz CT molecular complexity index is 1460. The average Bonchev–Trinajstić information content (AvgIpc) is 2.90. The second kappa shape index (κ2) is 10.8. The number of anilines is 1. The van der Waals surface area contributed by atoms with Crippen LogP contribution in [0.5, 0.6) is 0 Å². The Kier molecular flexibility index (Phi) is 8.13. The van der Waals surface area contributed by atoms with Gasteiger partial charge in [0.05, 0.1) is 24.9 Å². The van der Waals surface area contributed by atoms with Crippen LogP contribution in [0, 0.1) is 17.3 Å². The van der Waals surface area contributed by atoms with Crippen LogP contribution in [0.25, 0.3) is 0 Å². The summed E-state index contributed by atoms with van der Waals surface area (Å²) in [6, 6.07) is -2.11. The Labute approximate surface area is 247 Å². The minimum atomic E-state index is -10.1. The molecule has 1 aromatic heterocycles. The SMILES string of the molecule is CC1(C)CN(C#N)C(C(=O)N(c2ccc(S(F)(F)(F)(F)F)cc2)C(C(=O)NC2CCC(F)(F)CC2)c2cncc(F)c2)CO1. The monoisotopic (exact) mass is 655 g/mol. The predicted octanol–water partition coefficient (Wildman–Crippen LogP) is 6.61. The standard InChI is InChI=1S/C27H29F8N5O3S/c1-26(2)15-39(16-36)22(14-43-26)25(42)40(20-3-5-21(6-4-20)44(31,32,33,34)35)23(17-11-18(28)13-37-12-17)24(41)38-19-7-9-27(29,30)10-8-19/h3-6,11-13,19,22-23H,7-10,14-15H2,1-2H3,(H,38,41). The first kappa shape index (κ1) is 33.2. The molecular weight excluding hydrogens is 626 g/mol. The summed E-state index contributed by atoms with van der Waals surface area (Å²) in [5, 5.41) is 12.3. The molecule has 1 N–H and O–H groups in total. The molecule has 2 atom stereocenters. The molecule has 2 aromatic rings. The van der Waals surface area contributed by atoms with Crippen molar-refractivity contribution in [2.45, 2.75) is 74.1 Å². The highest BCUT2D eigenvalue weighted by Crippen LogP contribution is 3.02. The minimum absolute atomic E-state index is 0.0434. The van der Waals surface area contributed by atoms with E-state index >= 15 is 0 Å². The Hall–Kier alpha value is -3.65. The number of aromatic nitrogens is 1. The van der Waals surface area contributed by atoms with Crippen LogP contribution in [0.3, 0.4) is 0 Å². The summed E-state index contributed by atoms with van der Waals surface area (Å²) in [5.74, 6) is -6.00. The number of carbonyl (C=O) groups excluding carboxylic acids is 2. The van der Waals surface area contributed by atoms with Gasteiger partial charge in [0, 0.05) is 36.3 Å². The topological polar surface area (TPSA) is 98.6 Å². The highest BCUT2D eigenvalue weighted by molar-refractivity contribution is 8.45. The number of alkyl halides is 2. The number of pyridine rings is 1. The number of nitriles is 1. The van der Waals surface area contributed by atoms with Gasteiger partial charge in [0.1, 0.15) is 22.8 Å². The molecule has 2 unspecified atom stereocenters. The van der Waals surface area contributed by atoms with E-state index < -0.39 is 87.5 Å². The van der Waals surface area contributed by atoms with Crippen LogP contribution in [-0.4, -0.2) is 58.5 Å². The number of carbonyl (C=O) groups is 2. The summed E-state index contributed by atoms with van der Waals surface area (Å²) in [5.41, 5.74) is -1.65. The van der Waals surface area contributed by atoms with Crippen LogP contribution in [0.2, 0.25) is 0 Å². The number of halogens is 8. The van der Waals surface area contributed by atoms with Gasteiger partial charge in [-0.15, -0.1) is 0 Å². The van der Waals surface area contributed by atoms with Gasteiger partial charge in [0.2, 0.25) is 11.8 Å². The van der Waals surface area contributed by atoms with Crippen molar-refractivity contribution >= 4 is 27.7 Å². The molecule has 2 fully saturated rings. The van der Waals surface area contributed by atoms with Crippen LogP contribution < -0.4 is 10.2 Å². The Morgan fingerprint density at radius 2 is 1.73 bits per heavy atom. The maximum absolute atomic E-state index is 14.4. The summed E-state index contributed by atoms with van der Waals surface area (Å²) >= 11 is 0. The van der Waals surface area contributed by atoms with Crippen molar-refractivity contribution in [1.82, 2.24) is 15.2 Å². The highest BCUT2D eigenvalue weighted by atomic mass is 32.5. The number of ether oxygens (including phenoxy) is 1. The molecule has 1 saturated heterocycles. The van der Waals surface area contributed by atoms with Gasteiger partial charge < -0.3 is 10.1 Å². The van der Waals surface area contributed by atoms with E-state index in [2.05, 4.69) is 10.3 Å². The molecule has 2 amide bonds. The van der Waals surface area contributed by atoms with Gasteiger partial charge in [-0.05, 0) is 57.0 Å². The lowest BCUT2D eigenvalue weighted by molar-refractivity contribution is -0.141. The van der Waals surface area contributed by atoms with Crippen molar-refractivity contribution in [1.29, 1.82) is 5.26 Å². The third kappa shape index (κ3) is 7.70. The predicted molar refractivity (Wildman–Crippen MR) is 144 cm³/mol. The lowest BCUT2D eigenvalue weighted by Crippen LogP contribution is -2.60. The van der Waals surface area contributed by atoms with E-state index in [9.17, 15) is 47.5 Å². The van der Waals surface area contributed by atoms with Gasteiger partial charge in [0.15, 0.2) is 6.19 Å². The fraction of sp³-hybridized carbons (Fsp3) is 0.481. The van der Waals surface area contributed by atoms with Gasteiger partial charge in [0.25, 0.3) is 5.91 Å². The molecule has 0 spiro atoms. The quantitative estimate of drug-likeness (QED) is 0.267. The normalized spacial score (nSPS) is 22.6. The van der Waals surface area contributed by atoms with E-state index in [1.165, 1.54) is 0 Å². The zero-order valence-corrected chi connectivity index (χ0v) is 24.3. The fourth-order valence-corrected chi connectivity index (χ4v) is 5.81. The largest absolute Gasteiger partial charge is 0.371 e. The zero-order chi connectivity index (χ0) is 32.8. The van der Waals surface area contributed by atoms with Crippen LogP contribution in [0.1, 0.15) is 51.1 Å². The third-order valence-corrected chi connectivity index (χ3v) is 8.55. The maximum atomic E-state index is 14.4. The molecule has 0 bridgehead atoms. The highest BCUT2D eigenvalue weighted by Gasteiger charge is 2.65. The molecule has 0 radical (unpaired) electrons. The number of amides is 2. The number of benzene rings is 1. The third-order valence-electron chi connectivity index (χ3n) is 7.38. The molecule has 1 aliphatic heterocycles. The number of nitrogens with one attached hydrogen (secondary N) is 1. The Balaban J connectivity index is 1.83. The first-order chi connectivity index (χ1) is 20.1. The Morgan fingerprint density at radius 3 is 2.27 bits per heavy atom. The molecule has 1 saturated carbocycles. The molecule has 1 aliphatic carbocycles. The van der Waals surface area contributed by atoms with E-state index in [-0.39, 0.29) is 37.1 Å². The van der Waals surface area contributed by atoms with Gasteiger partial charge in [-0.1, -0.05) is 19.4 Å². The number of nitrogens with zero attached hydrogens (tertiary/aromatic N) is 4. The van der Waals surface area contributed by atoms with Crippen molar-refractivity contribution in [3.05, 3.63) is 54.1 Å². The van der Waals surface area contributed by atoms with Gasteiger partial charge in [-0.3, -0.25) is 24.4 Å². The molecule has 2 aliphatic rings. The van der Waals surface area contributed by atoms with Crippen LogP contribution in [0.4, 0.5) is 38.3 Å². The van der Waals surface area contributed by atoms with E-state index in [1.807, 2.05) is 6.19 Å². The van der Waals surface area contributed by atoms with Crippen molar-refractivity contribution in [2.75, 3.05) is 18.1 Å². The lowest BCUT2D eigenvalue weighted by Gasteiger charge is -2.43. The number of rotatable bonds is 7. The summed E-state index contributed by atoms with van der Waals surface area (Å²) in [4.78, 5) is 31.1. The van der Waals surface area contributed by atoms with Crippen molar-refractivity contribution in [2.24, 2.45) is 0 Å². The van der Waals surface area contributed by atoms with E-state index in [1.54, 1.807) is 13.8 Å². The molecule has 44 heavy (non-hydrogen) atoms. The smallest absolute Gasteiger partial charge is 0.310 e. The van der Waals surface area contributed by atoms with Gasteiger partial charge in [-0.25, -0.2) is 13.2 Å². The fourth-order valence-electron chi connectivity index (χ4n) is 5.16. The van der Waals surface area contributed by atoms with E-state index in [0.29, 0.717) is 17.0 Å². The molecular formula is C27H29F8N5O3S. The molecule has 1 aromatic carbocycles. The van der Waals surface area contributed by atoms with Crippen LogP contribution >= 0.6 is 10.2 Å². The summed E-state index contributed by atoms with van der Waals surface area (Å²) in [7, 11) is -10.1. The molecule has 2 heterocycles.